The molecule has 0 bridgehead atoms. The second-order valence-corrected chi connectivity index (χ2v) is 3.25. The number of hydrogen-bond acceptors (Lipinski definition) is 4. The van der Waals surface area contributed by atoms with Gasteiger partial charge in [-0.1, -0.05) is 5.16 Å². The molecule has 6 nitrogen and oxygen atoms in total. The Morgan fingerprint density at radius 3 is 2.73 bits per heavy atom. The van der Waals surface area contributed by atoms with Crippen LogP contribution in [-0.4, -0.2) is 31.0 Å². The lowest BCUT2D eigenvalue weighted by atomic mass is 10.2. The first-order chi connectivity index (χ1) is 7.20. The van der Waals surface area contributed by atoms with Gasteiger partial charge >= 0.3 is 0 Å². The molecule has 0 unspecified atom stereocenters. The quantitative estimate of drug-likeness (QED) is 0.444. The molecule has 15 heavy (non-hydrogen) atoms. The lowest BCUT2D eigenvalue weighted by Gasteiger charge is -1.91. The molecule has 2 heterocycles. The van der Waals surface area contributed by atoms with Gasteiger partial charge < -0.3 is 5.21 Å². The molecule has 2 aromatic heterocycles. The molecule has 2 rings (SSSR count). The van der Waals surface area contributed by atoms with E-state index in [1.807, 2.05) is 20.3 Å². The van der Waals surface area contributed by atoms with E-state index in [0.29, 0.717) is 0 Å². The van der Waals surface area contributed by atoms with Crippen molar-refractivity contribution in [2.45, 2.75) is 0 Å². The summed E-state index contributed by atoms with van der Waals surface area (Å²) >= 11 is 0. The van der Waals surface area contributed by atoms with Crippen LogP contribution in [0.3, 0.4) is 0 Å². The van der Waals surface area contributed by atoms with Gasteiger partial charge in [0.25, 0.3) is 0 Å². The fraction of sp³-hybridized carbons (Fsp3) is 0.222. The molecule has 0 aliphatic rings. The van der Waals surface area contributed by atoms with E-state index in [4.69, 9.17) is 5.21 Å². The molecule has 0 aromatic carbocycles. The van der Waals surface area contributed by atoms with E-state index >= 15 is 0 Å². The predicted molar refractivity (Wildman–Crippen MR) is 54.8 cm³/mol. The van der Waals surface area contributed by atoms with Crippen molar-refractivity contribution in [1.82, 2.24) is 19.6 Å². The van der Waals surface area contributed by atoms with Crippen LogP contribution in [0.2, 0.25) is 0 Å². The normalized spacial score (nSPS) is 11.3. The van der Waals surface area contributed by atoms with Gasteiger partial charge in [-0.2, -0.15) is 10.2 Å². The predicted octanol–water partition coefficient (Wildman–Crippen LogP) is 0.629. The third-order valence-electron chi connectivity index (χ3n) is 2.03. The molecule has 0 atom stereocenters. The first-order valence-corrected chi connectivity index (χ1v) is 4.41. The van der Waals surface area contributed by atoms with E-state index in [1.165, 1.54) is 6.21 Å². The summed E-state index contributed by atoms with van der Waals surface area (Å²) in [5.41, 5.74) is 2.41. The van der Waals surface area contributed by atoms with E-state index in [1.54, 1.807) is 21.8 Å². The lowest BCUT2D eigenvalue weighted by Crippen LogP contribution is -1.87. The molecule has 0 spiro atoms. The highest BCUT2D eigenvalue weighted by molar-refractivity contribution is 5.87. The molecular formula is C9H11N5O. The molecule has 1 N–H and O–H groups in total. The van der Waals surface area contributed by atoms with Gasteiger partial charge in [0.15, 0.2) is 0 Å². The van der Waals surface area contributed by atoms with Crippen LogP contribution in [-0.2, 0) is 14.1 Å². The molecule has 0 radical (unpaired) electrons. The minimum atomic E-state index is 0.753. The van der Waals surface area contributed by atoms with Gasteiger partial charge in [0, 0.05) is 37.6 Å². The number of oxime groups is 1. The largest absolute Gasteiger partial charge is 0.411 e. The molecule has 78 valence electrons. The number of hydrogen-bond donors (Lipinski definition) is 1. The first-order valence-electron chi connectivity index (χ1n) is 4.41. The average Bonchev–Trinajstić information content (AvgIpc) is 2.73. The van der Waals surface area contributed by atoms with Crippen molar-refractivity contribution >= 4 is 6.21 Å². The minimum Gasteiger partial charge on any atom is -0.411 e. The molecule has 0 aliphatic carbocycles. The Morgan fingerprint density at radius 1 is 1.33 bits per heavy atom. The van der Waals surface area contributed by atoms with Crippen LogP contribution in [0.5, 0.6) is 0 Å². The van der Waals surface area contributed by atoms with Gasteiger partial charge in [-0.25, -0.2) is 0 Å². The summed E-state index contributed by atoms with van der Waals surface area (Å²) in [6.07, 6.45) is 6.71. The SMILES string of the molecule is Cn1cc(-c2nn(C)cc2/C=N\O)cn1. The standard InChI is InChI=1S/C9H11N5O/c1-13-5-7(3-10-13)9-8(4-11-15)6-14(2)12-9/h3-6,15H,1-2H3/b11-4-. The van der Waals surface area contributed by atoms with Crippen molar-refractivity contribution < 1.29 is 5.21 Å². The Bertz CT molecular complexity index is 496. The Kier molecular flexibility index (Phi) is 2.24. The van der Waals surface area contributed by atoms with Crippen molar-refractivity contribution in [2.24, 2.45) is 19.3 Å². The van der Waals surface area contributed by atoms with E-state index in [9.17, 15) is 0 Å². The first kappa shape index (κ1) is 9.45. The second kappa shape index (κ2) is 3.56. The maximum atomic E-state index is 8.52. The fourth-order valence-corrected chi connectivity index (χ4v) is 1.43. The Labute approximate surface area is 86.4 Å². The smallest absolute Gasteiger partial charge is 0.104 e. The molecule has 6 heteroatoms. The summed E-state index contributed by atoms with van der Waals surface area (Å²) < 4.78 is 3.36. The number of rotatable bonds is 2. The highest BCUT2D eigenvalue weighted by Gasteiger charge is 2.09. The number of nitrogens with zero attached hydrogens (tertiary/aromatic N) is 5. The lowest BCUT2D eigenvalue weighted by molar-refractivity contribution is 0.322. The van der Waals surface area contributed by atoms with E-state index < -0.39 is 0 Å². The zero-order valence-electron chi connectivity index (χ0n) is 8.49. The maximum absolute atomic E-state index is 8.52. The van der Waals surface area contributed by atoms with E-state index in [-0.39, 0.29) is 0 Å². The highest BCUT2D eigenvalue weighted by Crippen LogP contribution is 2.19. The van der Waals surface area contributed by atoms with Crippen molar-refractivity contribution in [2.75, 3.05) is 0 Å². The van der Waals surface area contributed by atoms with Crippen molar-refractivity contribution in [3.8, 4) is 11.3 Å². The van der Waals surface area contributed by atoms with E-state index in [2.05, 4.69) is 15.4 Å². The molecule has 0 amide bonds. The van der Waals surface area contributed by atoms with Crippen LogP contribution in [0.15, 0.2) is 23.7 Å². The zero-order valence-corrected chi connectivity index (χ0v) is 8.49. The summed E-state index contributed by atoms with van der Waals surface area (Å²) in [5.74, 6) is 0. The third-order valence-corrected chi connectivity index (χ3v) is 2.03. The molecule has 0 saturated carbocycles. The van der Waals surface area contributed by atoms with Gasteiger partial charge in [-0.3, -0.25) is 9.36 Å². The summed E-state index contributed by atoms with van der Waals surface area (Å²) in [4.78, 5) is 0. The number of aromatic nitrogens is 4. The summed E-state index contributed by atoms with van der Waals surface area (Å²) in [6, 6.07) is 0. The van der Waals surface area contributed by atoms with Crippen molar-refractivity contribution in [3.05, 3.63) is 24.2 Å². The van der Waals surface area contributed by atoms with Gasteiger partial charge in [-0.05, 0) is 0 Å². The Balaban J connectivity index is 2.51. The molecule has 0 fully saturated rings. The molecule has 0 aliphatic heterocycles. The maximum Gasteiger partial charge on any atom is 0.104 e. The molecule has 2 aromatic rings. The van der Waals surface area contributed by atoms with E-state index in [0.717, 1.165) is 16.8 Å². The van der Waals surface area contributed by atoms with Crippen LogP contribution in [0.4, 0.5) is 0 Å². The van der Waals surface area contributed by atoms with Crippen LogP contribution < -0.4 is 0 Å². The minimum absolute atomic E-state index is 0.753. The van der Waals surface area contributed by atoms with Crippen LogP contribution in [0, 0.1) is 0 Å². The topological polar surface area (TPSA) is 68.2 Å². The number of aryl methyl sites for hydroxylation is 2. The Hall–Kier alpha value is -2.11. The fourth-order valence-electron chi connectivity index (χ4n) is 1.43. The molecule has 0 saturated heterocycles. The molecular weight excluding hydrogens is 194 g/mol. The average molecular weight is 205 g/mol. The third kappa shape index (κ3) is 1.74. The van der Waals surface area contributed by atoms with Crippen molar-refractivity contribution in [1.29, 1.82) is 0 Å². The highest BCUT2D eigenvalue weighted by atomic mass is 16.4. The van der Waals surface area contributed by atoms with Gasteiger partial charge in [0.1, 0.15) is 5.69 Å². The monoisotopic (exact) mass is 205 g/mol. The van der Waals surface area contributed by atoms with Crippen molar-refractivity contribution in [3.63, 3.8) is 0 Å². The van der Waals surface area contributed by atoms with Crippen LogP contribution >= 0.6 is 0 Å². The van der Waals surface area contributed by atoms with Crippen LogP contribution in [0.25, 0.3) is 11.3 Å². The van der Waals surface area contributed by atoms with Gasteiger partial charge in [0.2, 0.25) is 0 Å². The Morgan fingerprint density at radius 2 is 2.13 bits per heavy atom. The van der Waals surface area contributed by atoms with Crippen LogP contribution in [0.1, 0.15) is 5.56 Å². The summed E-state index contributed by atoms with van der Waals surface area (Å²) in [6.45, 7) is 0. The summed E-state index contributed by atoms with van der Waals surface area (Å²) in [7, 11) is 3.65. The zero-order chi connectivity index (χ0) is 10.8. The van der Waals surface area contributed by atoms with Gasteiger partial charge in [-0.15, -0.1) is 0 Å². The summed E-state index contributed by atoms with van der Waals surface area (Å²) in [5, 5.41) is 19.9. The second-order valence-electron chi connectivity index (χ2n) is 3.25. The van der Waals surface area contributed by atoms with Gasteiger partial charge in [0.05, 0.1) is 12.4 Å².